The van der Waals surface area contributed by atoms with Crippen LogP contribution in [0.25, 0.3) is 0 Å². The van der Waals surface area contributed by atoms with Crippen molar-refractivity contribution in [1.29, 1.82) is 0 Å². The van der Waals surface area contributed by atoms with Gasteiger partial charge in [-0.05, 0) is 43.7 Å². The molecule has 1 N–H and O–H groups in total. The van der Waals surface area contributed by atoms with Crippen LogP contribution in [0.2, 0.25) is 0 Å². The maximum Gasteiger partial charge on any atom is 0.245 e. The highest BCUT2D eigenvalue weighted by Crippen LogP contribution is 2.35. The van der Waals surface area contributed by atoms with E-state index < -0.39 is 0 Å². The number of nitrogens with one attached hydrogen (secondary N) is 1. The highest BCUT2D eigenvalue weighted by molar-refractivity contribution is 5.91. The van der Waals surface area contributed by atoms with Crippen LogP contribution < -0.4 is 5.32 Å². The van der Waals surface area contributed by atoms with Crippen molar-refractivity contribution in [2.45, 2.75) is 51.7 Å². The van der Waals surface area contributed by atoms with Crippen LogP contribution in [0.15, 0.2) is 24.3 Å². The molecule has 3 rings (SSSR count). The zero-order valence-electron chi connectivity index (χ0n) is 12.6. The van der Waals surface area contributed by atoms with Crippen LogP contribution in [0.4, 0.5) is 0 Å². The molecule has 0 bridgehead atoms. The van der Waals surface area contributed by atoms with Crippen LogP contribution in [-0.4, -0.2) is 28.8 Å². The van der Waals surface area contributed by atoms with Crippen molar-refractivity contribution in [2.75, 3.05) is 0 Å². The predicted molar refractivity (Wildman–Crippen MR) is 80.5 cm³/mol. The number of benzene rings is 1. The molecule has 2 atom stereocenters. The Morgan fingerprint density at radius 2 is 1.95 bits per heavy atom. The van der Waals surface area contributed by atoms with Gasteiger partial charge in [0.1, 0.15) is 6.04 Å². The Morgan fingerprint density at radius 1 is 1.24 bits per heavy atom. The SMILES string of the molecule is Cc1ccccc1CN1C(=O)C(C2CC2)NC(=O)CC1C. The van der Waals surface area contributed by atoms with Gasteiger partial charge in [0, 0.05) is 19.0 Å². The summed E-state index contributed by atoms with van der Waals surface area (Å²) in [5.74, 6) is 0.422. The number of carbonyl (C=O) groups is 2. The second-order valence-corrected chi connectivity index (χ2v) is 6.33. The third-order valence-corrected chi connectivity index (χ3v) is 4.57. The topological polar surface area (TPSA) is 49.4 Å². The molecule has 2 fully saturated rings. The minimum atomic E-state index is -0.313. The summed E-state index contributed by atoms with van der Waals surface area (Å²) < 4.78 is 0. The molecule has 1 heterocycles. The molecule has 21 heavy (non-hydrogen) atoms. The van der Waals surface area contributed by atoms with E-state index in [1.54, 1.807) is 0 Å². The molecule has 1 saturated carbocycles. The van der Waals surface area contributed by atoms with Crippen molar-refractivity contribution < 1.29 is 9.59 Å². The summed E-state index contributed by atoms with van der Waals surface area (Å²) in [5.41, 5.74) is 2.34. The number of hydrogen-bond acceptors (Lipinski definition) is 2. The van der Waals surface area contributed by atoms with Gasteiger partial charge in [0.25, 0.3) is 0 Å². The van der Waals surface area contributed by atoms with Crippen LogP contribution in [-0.2, 0) is 16.1 Å². The van der Waals surface area contributed by atoms with Gasteiger partial charge in [0.2, 0.25) is 11.8 Å². The second-order valence-electron chi connectivity index (χ2n) is 6.33. The molecule has 1 aliphatic heterocycles. The Morgan fingerprint density at radius 3 is 2.62 bits per heavy atom. The van der Waals surface area contributed by atoms with Crippen LogP contribution in [0.3, 0.4) is 0 Å². The molecule has 2 unspecified atom stereocenters. The third kappa shape index (κ3) is 2.94. The molecule has 0 aromatic heterocycles. The van der Waals surface area contributed by atoms with E-state index in [0.717, 1.165) is 18.4 Å². The quantitative estimate of drug-likeness (QED) is 0.924. The standard InChI is InChI=1S/C17H22N2O2/c1-11-5-3-4-6-14(11)10-19-12(2)9-15(20)18-16(17(19)21)13-7-8-13/h3-6,12-13,16H,7-10H2,1-2H3,(H,18,20). The Bertz CT molecular complexity index is 566. The highest BCUT2D eigenvalue weighted by Gasteiger charge is 2.42. The van der Waals surface area contributed by atoms with E-state index in [1.165, 1.54) is 5.56 Å². The van der Waals surface area contributed by atoms with E-state index >= 15 is 0 Å². The number of rotatable bonds is 3. The molecule has 2 aliphatic rings. The first-order chi connectivity index (χ1) is 10.1. The van der Waals surface area contributed by atoms with Gasteiger partial charge in [-0.2, -0.15) is 0 Å². The Labute approximate surface area is 125 Å². The molecule has 1 aromatic carbocycles. The molecule has 2 amide bonds. The second kappa shape index (κ2) is 5.51. The number of carbonyl (C=O) groups excluding carboxylic acids is 2. The average Bonchev–Trinajstić information content (AvgIpc) is 3.27. The fourth-order valence-electron chi connectivity index (χ4n) is 3.02. The van der Waals surface area contributed by atoms with E-state index in [2.05, 4.69) is 24.4 Å². The Hall–Kier alpha value is -1.84. The van der Waals surface area contributed by atoms with Crippen LogP contribution in [0.1, 0.15) is 37.3 Å². The van der Waals surface area contributed by atoms with E-state index in [0.29, 0.717) is 18.9 Å². The van der Waals surface area contributed by atoms with Crippen molar-refractivity contribution >= 4 is 11.8 Å². The van der Waals surface area contributed by atoms with Crippen molar-refractivity contribution in [3.05, 3.63) is 35.4 Å². The van der Waals surface area contributed by atoms with Gasteiger partial charge in [0.05, 0.1) is 0 Å². The molecule has 4 heteroatoms. The van der Waals surface area contributed by atoms with Crippen molar-refractivity contribution in [1.82, 2.24) is 10.2 Å². The van der Waals surface area contributed by atoms with E-state index in [-0.39, 0.29) is 23.9 Å². The maximum absolute atomic E-state index is 12.8. The average molecular weight is 286 g/mol. The normalized spacial score (nSPS) is 26.5. The van der Waals surface area contributed by atoms with Crippen LogP contribution in [0.5, 0.6) is 0 Å². The summed E-state index contributed by atoms with van der Waals surface area (Å²) in [6, 6.07) is 7.75. The van der Waals surface area contributed by atoms with E-state index in [9.17, 15) is 9.59 Å². The first kappa shape index (κ1) is 14.1. The lowest BCUT2D eigenvalue weighted by Gasteiger charge is -2.29. The Kier molecular flexibility index (Phi) is 3.70. The number of hydrogen-bond donors (Lipinski definition) is 1. The van der Waals surface area contributed by atoms with Crippen molar-refractivity contribution in [2.24, 2.45) is 5.92 Å². The molecular weight excluding hydrogens is 264 g/mol. The monoisotopic (exact) mass is 286 g/mol. The zero-order chi connectivity index (χ0) is 15.0. The molecule has 1 aliphatic carbocycles. The van der Waals surface area contributed by atoms with Gasteiger partial charge >= 0.3 is 0 Å². The maximum atomic E-state index is 12.8. The molecule has 0 spiro atoms. The van der Waals surface area contributed by atoms with Gasteiger partial charge < -0.3 is 10.2 Å². The molecule has 0 radical (unpaired) electrons. The highest BCUT2D eigenvalue weighted by atomic mass is 16.2. The van der Waals surface area contributed by atoms with Crippen LogP contribution in [0, 0.1) is 12.8 Å². The lowest BCUT2D eigenvalue weighted by Crippen LogP contribution is -2.47. The molecule has 1 aromatic rings. The summed E-state index contributed by atoms with van der Waals surface area (Å²) >= 11 is 0. The smallest absolute Gasteiger partial charge is 0.245 e. The lowest BCUT2D eigenvalue weighted by molar-refractivity contribution is -0.136. The minimum Gasteiger partial charge on any atom is -0.344 e. The first-order valence-corrected chi connectivity index (χ1v) is 7.70. The third-order valence-electron chi connectivity index (χ3n) is 4.57. The number of aryl methyl sites for hydroxylation is 1. The number of amides is 2. The molecule has 112 valence electrons. The van der Waals surface area contributed by atoms with Gasteiger partial charge in [-0.25, -0.2) is 0 Å². The summed E-state index contributed by atoms with van der Waals surface area (Å²) in [6.45, 7) is 4.61. The predicted octanol–water partition coefficient (Wildman–Crippen LogP) is 2.01. The summed E-state index contributed by atoms with van der Waals surface area (Å²) in [7, 11) is 0. The van der Waals surface area contributed by atoms with Gasteiger partial charge in [0.15, 0.2) is 0 Å². The minimum absolute atomic E-state index is 0.0000311. The summed E-state index contributed by atoms with van der Waals surface area (Å²) in [4.78, 5) is 26.6. The summed E-state index contributed by atoms with van der Waals surface area (Å²) in [6.07, 6.45) is 2.48. The lowest BCUT2D eigenvalue weighted by atomic mass is 10.1. The van der Waals surface area contributed by atoms with Crippen molar-refractivity contribution in [3.63, 3.8) is 0 Å². The zero-order valence-corrected chi connectivity index (χ0v) is 12.6. The summed E-state index contributed by atoms with van der Waals surface area (Å²) in [5, 5.41) is 2.92. The molecule has 1 saturated heterocycles. The van der Waals surface area contributed by atoms with Gasteiger partial charge in [-0.15, -0.1) is 0 Å². The fraction of sp³-hybridized carbons (Fsp3) is 0.529. The molecule has 4 nitrogen and oxygen atoms in total. The van der Waals surface area contributed by atoms with Crippen LogP contribution >= 0.6 is 0 Å². The van der Waals surface area contributed by atoms with Gasteiger partial charge in [-0.3, -0.25) is 9.59 Å². The van der Waals surface area contributed by atoms with Gasteiger partial charge in [-0.1, -0.05) is 24.3 Å². The fourth-order valence-corrected chi connectivity index (χ4v) is 3.02. The van der Waals surface area contributed by atoms with Crippen molar-refractivity contribution in [3.8, 4) is 0 Å². The van der Waals surface area contributed by atoms with E-state index in [4.69, 9.17) is 0 Å². The molecular formula is C17H22N2O2. The van der Waals surface area contributed by atoms with E-state index in [1.807, 2.05) is 24.0 Å². The Balaban J connectivity index is 1.85. The largest absolute Gasteiger partial charge is 0.344 e. The first-order valence-electron chi connectivity index (χ1n) is 7.70. The number of nitrogens with zero attached hydrogens (tertiary/aromatic N) is 1.